The van der Waals surface area contributed by atoms with Crippen molar-refractivity contribution < 1.29 is 14.3 Å². The fraction of sp³-hybridized carbons (Fsp3) is 0.667. The first-order valence-corrected chi connectivity index (χ1v) is 7.56. The first kappa shape index (κ1) is 18.5. The van der Waals surface area contributed by atoms with E-state index >= 15 is 0 Å². The summed E-state index contributed by atoms with van der Waals surface area (Å²) in [7, 11) is 0. The molecule has 1 aliphatic heterocycles. The minimum atomic E-state index is -0.284. The molecule has 0 radical (unpaired) electrons. The second-order valence-corrected chi connectivity index (χ2v) is 5.45. The number of hydrogen-bond acceptors (Lipinski definition) is 4. The number of hydrogen-bond donors (Lipinski definition) is 0. The molecule has 2 rings (SSSR count). The predicted molar refractivity (Wildman–Crippen MR) is 84.5 cm³/mol. The second kappa shape index (κ2) is 8.78. The number of halogens is 1. The standard InChI is InChI=1S/C15H23N3O3.ClH/c1-3-5-12-6-14(19)17(8-12)9-13-7-16-11-18(13)10-15(20)21-4-2;/h7,11-12H,3-6,8-10H2,1-2H3;1H. The van der Waals surface area contributed by atoms with Crippen molar-refractivity contribution in [2.24, 2.45) is 5.92 Å². The van der Waals surface area contributed by atoms with E-state index in [1.807, 2.05) is 4.90 Å². The maximum Gasteiger partial charge on any atom is 0.325 e. The lowest BCUT2D eigenvalue weighted by molar-refractivity contribution is -0.143. The quantitative estimate of drug-likeness (QED) is 0.718. The maximum atomic E-state index is 12.0. The van der Waals surface area contributed by atoms with Gasteiger partial charge in [-0.1, -0.05) is 13.3 Å². The molecule has 1 fully saturated rings. The van der Waals surface area contributed by atoms with Gasteiger partial charge in [-0.05, 0) is 19.3 Å². The van der Waals surface area contributed by atoms with Crippen LogP contribution in [0.4, 0.5) is 0 Å². The molecule has 2 heterocycles. The summed E-state index contributed by atoms with van der Waals surface area (Å²) in [6, 6.07) is 0. The van der Waals surface area contributed by atoms with Gasteiger partial charge >= 0.3 is 5.97 Å². The molecule has 1 atom stereocenters. The van der Waals surface area contributed by atoms with Gasteiger partial charge in [-0.15, -0.1) is 12.4 Å². The highest BCUT2D eigenvalue weighted by Crippen LogP contribution is 2.23. The zero-order valence-electron chi connectivity index (χ0n) is 13.2. The van der Waals surface area contributed by atoms with Gasteiger partial charge in [0.05, 0.1) is 25.2 Å². The molecule has 0 saturated carbocycles. The molecule has 1 amide bonds. The van der Waals surface area contributed by atoms with Crippen molar-refractivity contribution in [1.29, 1.82) is 0 Å². The molecule has 124 valence electrons. The largest absolute Gasteiger partial charge is 0.465 e. The fourth-order valence-electron chi connectivity index (χ4n) is 2.77. The summed E-state index contributed by atoms with van der Waals surface area (Å²) in [5.41, 5.74) is 0.869. The average Bonchev–Trinajstić information content (AvgIpc) is 2.99. The van der Waals surface area contributed by atoms with Crippen molar-refractivity contribution >= 4 is 24.3 Å². The number of rotatable bonds is 7. The Bertz CT molecular complexity index is 504. The molecule has 0 bridgehead atoms. The molecule has 1 saturated heterocycles. The number of likely N-dealkylation sites (tertiary alicyclic amines) is 1. The molecule has 0 aromatic carbocycles. The molecule has 1 aromatic rings. The summed E-state index contributed by atoms with van der Waals surface area (Å²) in [6.45, 7) is 5.75. The van der Waals surface area contributed by atoms with Crippen molar-refractivity contribution in [3.8, 4) is 0 Å². The summed E-state index contributed by atoms with van der Waals surface area (Å²) >= 11 is 0. The highest BCUT2D eigenvalue weighted by molar-refractivity contribution is 5.85. The summed E-state index contributed by atoms with van der Waals surface area (Å²) < 4.78 is 6.69. The maximum absolute atomic E-state index is 12.0. The van der Waals surface area contributed by atoms with Gasteiger partial charge in [-0.3, -0.25) is 9.59 Å². The Morgan fingerprint density at radius 2 is 2.23 bits per heavy atom. The van der Waals surface area contributed by atoms with Crippen LogP contribution in [0.15, 0.2) is 12.5 Å². The molecule has 1 aliphatic rings. The van der Waals surface area contributed by atoms with Crippen LogP contribution in [-0.2, 0) is 27.4 Å². The number of amides is 1. The molecular weight excluding hydrogens is 306 g/mol. The normalized spacial score (nSPS) is 17.5. The Hall–Kier alpha value is -1.56. The zero-order chi connectivity index (χ0) is 15.2. The van der Waals surface area contributed by atoms with Gasteiger partial charge in [-0.25, -0.2) is 4.98 Å². The lowest BCUT2D eigenvalue weighted by Gasteiger charge is -2.17. The number of carbonyl (C=O) groups excluding carboxylic acids is 2. The van der Waals surface area contributed by atoms with Gasteiger partial charge in [0, 0.05) is 19.2 Å². The molecule has 0 N–H and O–H groups in total. The van der Waals surface area contributed by atoms with Gasteiger partial charge in [0.1, 0.15) is 6.54 Å². The first-order valence-electron chi connectivity index (χ1n) is 7.56. The van der Waals surface area contributed by atoms with Gasteiger partial charge in [0.2, 0.25) is 5.91 Å². The van der Waals surface area contributed by atoms with E-state index in [1.165, 1.54) is 0 Å². The van der Waals surface area contributed by atoms with Gasteiger partial charge in [0.15, 0.2) is 0 Å². The lowest BCUT2D eigenvalue weighted by atomic mass is 10.0. The minimum Gasteiger partial charge on any atom is -0.465 e. The molecule has 6 nitrogen and oxygen atoms in total. The van der Waals surface area contributed by atoms with Crippen LogP contribution in [0.2, 0.25) is 0 Å². The van der Waals surface area contributed by atoms with E-state index in [9.17, 15) is 9.59 Å². The summed E-state index contributed by atoms with van der Waals surface area (Å²) in [4.78, 5) is 29.5. The topological polar surface area (TPSA) is 64.4 Å². The minimum absolute atomic E-state index is 0. The van der Waals surface area contributed by atoms with Gasteiger partial charge < -0.3 is 14.2 Å². The van der Waals surface area contributed by atoms with E-state index in [4.69, 9.17) is 4.74 Å². The molecule has 0 aliphatic carbocycles. The Morgan fingerprint density at radius 3 is 2.91 bits per heavy atom. The second-order valence-electron chi connectivity index (χ2n) is 5.45. The van der Waals surface area contributed by atoms with Gasteiger partial charge in [0.25, 0.3) is 0 Å². The Labute approximate surface area is 137 Å². The smallest absolute Gasteiger partial charge is 0.325 e. The number of ether oxygens (including phenoxy) is 1. The zero-order valence-corrected chi connectivity index (χ0v) is 14.0. The van der Waals surface area contributed by atoms with Gasteiger partial charge in [-0.2, -0.15) is 0 Å². The molecule has 1 aromatic heterocycles. The molecule has 22 heavy (non-hydrogen) atoms. The molecule has 0 spiro atoms. The number of imidazole rings is 1. The number of nitrogens with zero attached hydrogens (tertiary/aromatic N) is 3. The highest BCUT2D eigenvalue weighted by atomic mass is 35.5. The Morgan fingerprint density at radius 1 is 1.45 bits per heavy atom. The molecule has 1 unspecified atom stereocenters. The molecule has 7 heteroatoms. The Balaban J connectivity index is 0.00000242. The monoisotopic (exact) mass is 329 g/mol. The Kier molecular flexibility index (Phi) is 7.38. The van der Waals surface area contributed by atoms with E-state index in [-0.39, 0.29) is 30.8 Å². The van der Waals surface area contributed by atoms with Crippen LogP contribution in [0.5, 0.6) is 0 Å². The summed E-state index contributed by atoms with van der Waals surface area (Å²) in [5.74, 6) is 0.370. The van der Waals surface area contributed by atoms with Crippen molar-refractivity contribution in [3.05, 3.63) is 18.2 Å². The van der Waals surface area contributed by atoms with Crippen molar-refractivity contribution in [1.82, 2.24) is 14.5 Å². The van der Waals surface area contributed by atoms with Crippen LogP contribution in [0.3, 0.4) is 0 Å². The number of carbonyl (C=O) groups is 2. The fourth-order valence-corrected chi connectivity index (χ4v) is 2.77. The van der Waals surface area contributed by atoms with Crippen molar-refractivity contribution in [2.75, 3.05) is 13.2 Å². The third-order valence-electron chi connectivity index (χ3n) is 3.75. The van der Waals surface area contributed by atoms with Crippen LogP contribution in [0.25, 0.3) is 0 Å². The first-order chi connectivity index (χ1) is 10.1. The van der Waals surface area contributed by atoms with Crippen molar-refractivity contribution in [2.45, 2.75) is 46.2 Å². The van der Waals surface area contributed by atoms with Crippen molar-refractivity contribution in [3.63, 3.8) is 0 Å². The number of esters is 1. The predicted octanol–water partition coefficient (Wildman–Crippen LogP) is 2.02. The van der Waals surface area contributed by atoms with Crippen LogP contribution >= 0.6 is 12.4 Å². The van der Waals surface area contributed by atoms with Crippen LogP contribution in [0, 0.1) is 5.92 Å². The highest BCUT2D eigenvalue weighted by Gasteiger charge is 2.29. The third kappa shape index (κ3) is 4.73. The van der Waals surface area contributed by atoms with E-state index in [0.29, 0.717) is 25.5 Å². The lowest BCUT2D eigenvalue weighted by Crippen LogP contribution is -2.26. The van der Waals surface area contributed by atoms with E-state index < -0.39 is 0 Å². The summed E-state index contributed by atoms with van der Waals surface area (Å²) in [5, 5.41) is 0. The SMILES string of the molecule is CCCC1CC(=O)N(Cc2cncn2CC(=O)OCC)C1.Cl. The third-order valence-corrected chi connectivity index (χ3v) is 3.75. The summed E-state index contributed by atoms with van der Waals surface area (Å²) in [6.07, 6.45) is 6.15. The molecular formula is C15H24ClN3O3. The van der Waals surface area contributed by atoms with Crippen LogP contribution in [0.1, 0.15) is 38.8 Å². The van der Waals surface area contributed by atoms with E-state index in [0.717, 1.165) is 25.1 Å². The van der Waals surface area contributed by atoms with E-state index in [1.54, 1.807) is 24.0 Å². The average molecular weight is 330 g/mol. The van der Waals surface area contributed by atoms with E-state index in [2.05, 4.69) is 11.9 Å². The van der Waals surface area contributed by atoms with Crippen LogP contribution in [-0.4, -0.2) is 39.5 Å². The number of aromatic nitrogens is 2. The van der Waals surface area contributed by atoms with Crippen LogP contribution < -0.4 is 0 Å².